The number of carbonyl (C=O) groups excluding carboxylic acids is 1. The molecule has 0 radical (unpaired) electrons. The van der Waals surface area contributed by atoms with Gasteiger partial charge in [0, 0.05) is 10.0 Å². The van der Waals surface area contributed by atoms with Crippen molar-refractivity contribution < 1.29 is 19.2 Å². The zero-order valence-electron chi connectivity index (χ0n) is 14.9. The molecule has 5 nitrogen and oxygen atoms in total. The number of halogens is 1. The lowest BCUT2D eigenvalue weighted by atomic mass is 10.1. The van der Waals surface area contributed by atoms with E-state index in [4.69, 9.17) is 9.47 Å². The van der Waals surface area contributed by atoms with Crippen LogP contribution in [0.5, 0.6) is 11.5 Å². The van der Waals surface area contributed by atoms with E-state index in [0.717, 1.165) is 20.7 Å². The first-order valence-corrected chi connectivity index (χ1v) is 8.84. The van der Waals surface area contributed by atoms with Crippen LogP contribution in [0.15, 0.2) is 46.9 Å². The largest absolute Gasteiger partial charge is 0.496 e. The Morgan fingerprint density at radius 3 is 2.52 bits per heavy atom. The number of nitrogens with one attached hydrogen (secondary N) is 2. The van der Waals surface area contributed by atoms with Crippen LogP contribution in [-0.4, -0.2) is 33.2 Å². The number of hydrogen-bond donors (Lipinski definition) is 2. The van der Waals surface area contributed by atoms with Gasteiger partial charge < -0.3 is 19.7 Å². The molecule has 2 N–H and O–H groups in total. The average molecular weight is 408 g/mol. The Balaban J connectivity index is 2.07. The molecule has 2 atom stereocenters. The molecule has 0 aliphatic rings. The van der Waals surface area contributed by atoms with E-state index in [1.165, 1.54) is 0 Å². The van der Waals surface area contributed by atoms with Gasteiger partial charge in [-0.3, -0.25) is 4.79 Å². The molecule has 25 heavy (non-hydrogen) atoms. The van der Waals surface area contributed by atoms with Gasteiger partial charge >= 0.3 is 0 Å². The Kier molecular flexibility index (Phi) is 6.84. The van der Waals surface area contributed by atoms with E-state index in [1.54, 1.807) is 14.2 Å². The molecular formula is C19H24BrN2O3+. The summed E-state index contributed by atoms with van der Waals surface area (Å²) < 4.78 is 11.7. The molecule has 2 aromatic rings. The highest BCUT2D eigenvalue weighted by Crippen LogP contribution is 2.23. The number of rotatable bonds is 7. The molecular weight excluding hydrogens is 384 g/mol. The second-order valence-corrected chi connectivity index (χ2v) is 6.81. The summed E-state index contributed by atoms with van der Waals surface area (Å²) in [4.78, 5) is 13.7. The monoisotopic (exact) mass is 407 g/mol. The van der Waals surface area contributed by atoms with Crippen LogP contribution in [0.3, 0.4) is 0 Å². The van der Waals surface area contributed by atoms with Crippen LogP contribution in [-0.2, 0) is 11.3 Å². The minimum absolute atomic E-state index is 0.0593. The zero-order valence-corrected chi connectivity index (χ0v) is 16.5. The lowest BCUT2D eigenvalue weighted by molar-refractivity contribution is -0.907. The topological polar surface area (TPSA) is 52.0 Å². The Hall–Kier alpha value is -2.05. The van der Waals surface area contributed by atoms with E-state index >= 15 is 0 Å². The third kappa shape index (κ3) is 4.96. The molecule has 0 aromatic heterocycles. The highest BCUT2D eigenvalue weighted by Gasteiger charge is 2.24. The van der Waals surface area contributed by atoms with Crippen LogP contribution >= 0.6 is 15.9 Å². The molecule has 6 heteroatoms. The van der Waals surface area contributed by atoms with Crippen LogP contribution in [0.25, 0.3) is 0 Å². The van der Waals surface area contributed by atoms with E-state index in [0.29, 0.717) is 18.0 Å². The number of carbonyl (C=O) groups is 1. The van der Waals surface area contributed by atoms with Gasteiger partial charge in [0.2, 0.25) is 0 Å². The molecule has 0 heterocycles. The molecule has 0 saturated carbocycles. The van der Waals surface area contributed by atoms with Crippen LogP contribution in [0.4, 0.5) is 5.69 Å². The first-order chi connectivity index (χ1) is 12.0. The highest BCUT2D eigenvalue weighted by molar-refractivity contribution is 9.10. The zero-order chi connectivity index (χ0) is 18.4. The summed E-state index contributed by atoms with van der Waals surface area (Å²) in [5.74, 6) is 1.41. The summed E-state index contributed by atoms with van der Waals surface area (Å²) in [6.07, 6.45) is 0. The Morgan fingerprint density at radius 2 is 1.84 bits per heavy atom. The quantitative estimate of drug-likeness (QED) is 0.741. The number of para-hydroxylation sites is 2. The first kappa shape index (κ1) is 19.3. The summed E-state index contributed by atoms with van der Waals surface area (Å²) in [5.41, 5.74) is 1.72. The SMILES string of the molecule is COc1ccc(Br)cc1C[NH+](C)[C@@H](C)C(=O)Nc1ccccc1OC. The van der Waals surface area contributed by atoms with Crippen molar-refractivity contribution in [2.24, 2.45) is 0 Å². The maximum Gasteiger partial charge on any atom is 0.282 e. The predicted octanol–water partition coefficient (Wildman–Crippen LogP) is 2.51. The van der Waals surface area contributed by atoms with Crippen LogP contribution < -0.4 is 19.7 Å². The second kappa shape index (κ2) is 8.87. The van der Waals surface area contributed by atoms with Gasteiger partial charge in [0.25, 0.3) is 5.91 Å². The predicted molar refractivity (Wildman–Crippen MR) is 102 cm³/mol. The van der Waals surface area contributed by atoms with Crippen molar-refractivity contribution in [2.75, 3.05) is 26.6 Å². The standard InChI is InChI=1S/C19H23BrN2O3/c1-13(19(23)21-16-7-5-6-8-18(16)25-4)22(2)12-14-11-15(20)9-10-17(14)24-3/h5-11,13H,12H2,1-4H3,(H,21,23)/p+1/t13-/m0/s1. The smallest absolute Gasteiger partial charge is 0.282 e. The van der Waals surface area contributed by atoms with Crippen molar-refractivity contribution in [3.63, 3.8) is 0 Å². The summed E-state index contributed by atoms with van der Waals surface area (Å²) >= 11 is 3.48. The van der Waals surface area contributed by atoms with Gasteiger partial charge in [0.05, 0.1) is 27.0 Å². The van der Waals surface area contributed by atoms with Gasteiger partial charge in [-0.2, -0.15) is 0 Å². The summed E-state index contributed by atoms with van der Waals surface area (Å²) in [5, 5.41) is 2.94. The van der Waals surface area contributed by atoms with Crippen molar-refractivity contribution in [3.05, 3.63) is 52.5 Å². The molecule has 2 aromatic carbocycles. The fraction of sp³-hybridized carbons (Fsp3) is 0.316. The van der Waals surface area contributed by atoms with Crippen molar-refractivity contribution in [3.8, 4) is 11.5 Å². The van der Waals surface area contributed by atoms with Crippen molar-refractivity contribution in [1.29, 1.82) is 0 Å². The molecule has 0 aliphatic carbocycles. The molecule has 1 amide bonds. The number of anilines is 1. The molecule has 0 aliphatic heterocycles. The molecule has 0 saturated heterocycles. The lowest BCUT2D eigenvalue weighted by Gasteiger charge is -2.22. The molecule has 0 fully saturated rings. The molecule has 0 spiro atoms. The summed E-state index contributed by atoms with van der Waals surface area (Å²) in [6, 6.07) is 13.0. The van der Waals surface area contributed by atoms with Gasteiger partial charge in [0.15, 0.2) is 6.04 Å². The number of benzene rings is 2. The van der Waals surface area contributed by atoms with Gasteiger partial charge in [-0.25, -0.2) is 0 Å². The summed E-state index contributed by atoms with van der Waals surface area (Å²) in [6.45, 7) is 2.58. The lowest BCUT2D eigenvalue weighted by Crippen LogP contribution is -3.12. The van der Waals surface area contributed by atoms with Crippen molar-refractivity contribution in [2.45, 2.75) is 19.5 Å². The van der Waals surface area contributed by atoms with E-state index in [1.807, 2.05) is 56.4 Å². The number of hydrogen-bond acceptors (Lipinski definition) is 3. The first-order valence-electron chi connectivity index (χ1n) is 8.05. The van der Waals surface area contributed by atoms with Crippen LogP contribution in [0.1, 0.15) is 12.5 Å². The number of ether oxygens (including phenoxy) is 2. The van der Waals surface area contributed by atoms with E-state index < -0.39 is 0 Å². The van der Waals surface area contributed by atoms with Crippen molar-refractivity contribution >= 4 is 27.5 Å². The molecule has 134 valence electrons. The Morgan fingerprint density at radius 1 is 1.16 bits per heavy atom. The van der Waals surface area contributed by atoms with E-state index in [9.17, 15) is 4.79 Å². The minimum atomic E-state index is -0.242. The third-order valence-corrected chi connectivity index (χ3v) is 4.70. The van der Waals surface area contributed by atoms with E-state index in [2.05, 4.69) is 21.2 Å². The average Bonchev–Trinajstić information content (AvgIpc) is 2.61. The number of methoxy groups -OCH3 is 2. The molecule has 0 bridgehead atoms. The number of quaternary nitrogens is 1. The molecule has 1 unspecified atom stereocenters. The van der Waals surface area contributed by atoms with Crippen LogP contribution in [0, 0.1) is 0 Å². The number of likely N-dealkylation sites (N-methyl/N-ethyl adjacent to an activating group) is 1. The van der Waals surface area contributed by atoms with Gasteiger partial charge in [-0.05, 0) is 37.3 Å². The molecule has 2 rings (SSSR count). The summed E-state index contributed by atoms with van der Waals surface area (Å²) in [7, 11) is 5.23. The van der Waals surface area contributed by atoms with E-state index in [-0.39, 0.29) is 11.9 Å². The number of amides is 1. The fourth-order valence-corrected chi connectivity index (χ4v) is 2.96. The highest BCUT2D eigenvalue weighted by atomic mass is 79.9. The van der Waals surface area contributed by atoms with Crippen LogP contribution in [0.2, 0.25) is 0 Å². The maximum atomic E-state index is 12.6. The maximum absolute atomic E-state index is 12.6. The normalized spacial score (nSPS) is 13.0. The van der Waals surface area contributed by atoms with Gasteiger partial charge in [-0.15, -0.1) is 0 Å². The van der Waals surface area contributed by atoms with Crippen molar-refractivity contribution in [1.82, 2.24) is 0 Å². The minimum Gasteiger partial charge on any atom is -0.496 e. The van der Waals surface area contributed by atoms with Gasteiger partial charge in [0.1, 0.15) is 18.0 Å². The fourth-order valence-electron chi connectivity index (χ4n) is 2.55. The third-order valence-electron chi connectivity index (χ3n) is 4.21. The van der Waals surface area contributed by atoms with Gasteiger partial charge in [-0.1, -0.05) is 28.1 Å². The Bertz CT molecular complexity index is 736. The second-order valence-electron chi connectivity index (χ2n) is 5.89. The Labute approximate surface area is 157 Å².